The highest BCUT2D eigenvalue weighted by Crippen LogP contribution is 2.37. The number of H-pyrrole nitrogens is 1. The Balaban J connectivity index is 1.22. The fourth-order valence-corrected chi connectivity index (χ4v) is 6.36. The van der Waals surface area contributed by atoms with E-state index in [0.717, 1.165) is 53.6 Å². The lowest BCUT2D eigenvalue weighted by Crippen LogP contribution is -2.13. The number of nitrogens with one attached hydrogen (secondary N) is 1. The normalized spacial score (nSPS) is 15.7. The number of nitrogens with zero attached hydrogens (tertiary/aromatic N) is 1. The summed E-state index contributed by atoms with van der Waals surface area (Å²) in [6.45, 7) is 7.77. The monoisotopic (exact) mass is 532 g/mol. The first-order valence-corrected chi connectivity index (χ1v) is 14.4. The molecule has 2 atom stereocenters. The molecule has 1 aliphatic carbocycles. The molecule has 2 aromatic heterocycles. The maximum atomic E-state index is 13.0. The summed E-state index contributed by atoms with van der Waals surface area (Å²) in [6.07, 6.45) is 4.97. The Morgan fingerprint density at radius 3 is 2.66 bits per heavy atom. The maximum Gasteiger partial charge on any atom is 0.260 e. The summed E-state index contributed by atoms with van der Waals surface area (Å²) in [5, 5.41) is 0.765. The van der Waals surface area contributed by atoms with E-state index >= 15 is 0 Å². The standard InChI is InChI=1S/C31H36N2O4S/c1-5-20(3)21-8-11-23(12-9-21)36-15-6-16-37-25-14-10-22(18-26(25)35-4)29-32-30(34)28-24-13-7-19(2)17-27(24)38-31(28)33-29/h8-12,14,18-20H,5-7,13,15-17H2,1-4H3,(H,32,33,34)/t19-,20-/m0/s1. The Morgan fingerprint density at radius 2 is 1.89 bits per heavy atom. The minimum Gasteiger partial charge on any atom is -0.493 e. The highest BCUT2D eigenvalue weighted by molar-refractivity contribution is 7.18. The minimum atomic E-state index is -0.0640. The largest absolute Gasteiger partial charge is 0.493 e. The van der Waals surface area contributed by atoms with Gasteiger partial charge < -0.3 is 19.2 Å². The summed E-state index contributed by atoms with van der Waals surface area (Å²) in [5.41, 5.74) is 3.25. The molecule has 0 bridgehead atoms. The molecule has 0 saturated carbocycles. The van der Waals surface area contributed by atoms with Crippen LogP contribution in [-0.2, 0) is 12.8 Å². The third kappa shape index (κ3) is 5.58. The summed E-state index contributed by atoms with van der Waals surface area (Å²) >= 11 is 1.66. The van der Waals surface area contributed by atoms with Gasteiger partial charge in [0.2, 0.25) is 0 Å². The van der Waals surface area contributed by atoms with E-state index in [2.05, 4.69) is 37.9 Å². The summed E-state index contributed by atoms with van der Waals surface area (Å²) in [5.74, 6) is 3.88. The number of aryl methyl sites for hydroxylation is 1. The molecule has 0 aliphatic heterocycles. The number of methoxy groups -OCH3 is 1. The minimum absolute atomic E-state index is 0.0640. The SMILES string of the molecule is CC[C@H](C)c1ccc(OCCCOc2ccc(-c3nc4sc5c(c4c(=O)[nH]3)CC[C@H](C)C5)cc2OC)cc1. The van der Waals surface area contributed by atoms with Crippen LogP contribution in [0.25, 0.3) is 21.6 Å². The molecule has 200 valence electrons. The van der Waals surface area contributed by atoms with Crippen molar-refractivity contribution in [2.75, 3.05) is 20.3 Å². The van der Waals surface area contributed by atoms with Crippen molar-refractivity contribution in [1.82, 2.24) is 9.97 Å². The van der Waals surface area contributed by atoms with Crippen LogP contribution in [0.5, 0.6) is 17.2 Å². The van der Waals surface area contributed by atoms with Crippen molar-refractivity contribution in [2.45, 2.75) is 58.8 Å². The number of hydrogen-bond donors (Lipinski definition) is 1. The lowest BCUT2D eigenvalue weighted by atomic mass is 9.89. The van der Waals surface area contributed by atoms with Gasteiger partial charge >= 0.3 is 0 Å². The van der Waals surface area contributed by atoms with Crippen LogP contribution >= 0.6 is 11.3 Å². The fraction of sp³-hybridized carbons (Fsp3) is 0.419. The molecule has 4 aromatic rings. The molecule has 0 unspecified atom stereocenters. The van der Waals surface area contributed by atoms with Gasteiger partial charge in [-0.1, -0.05) is 32.9 Å². The number of fused-ring (bicyclic) bond motifs is 3. The topological polar surface area (TPSA) is 73.4 Å². The zero-order valence-corrected chi connectivity index (χ0v) is 23.5. The van der Waals surface area contributed by atoms with Crippen molar-refractivity contribution < 1.29 is 14.2 Å². The average molecular weight is 533 g/mol. The van der Waals surface area contributed by atoms with E-state index < -0.39 is 0 Å². The molecular formula is C31H36N2O4S. The highest BCUT2D eigenvalue weighted by atomic mass is 32.1. The molecule has 38 heavy (non-hydrogen) atoms. The number of hydrogen-bond acceptors (Lipinski definition) is 6. The van der Waals surface area contributed by atoms with Crippen molar-refractivity contribution in [2.24, 2.45) is 5.92 Å². The smallest absolute Gasteiger partial charge is 0.260 e. The first-order valence-electron chi connectivity index (χ1n) is 13.5. The van der Waals surface area contributed by atoms with Crippen LogP contribution in [0, 0.1) is 5.92 Å². The predicted octanol–water partition coefficient (Wildman–Crippen LogP) is 7.15. The first-order chi connectivity index (χ1) is 18.5. The van der Waals surface area contributed by atoms with Crippen molar-refractivity contribution in [3.8, 4) is 28.6 Å². The number of ether oxygens (including phenoxy) is 3. The molecule has 2 heterocycles. The van der Waals surface area contributed by atoms with E-state index in [4.69, 9.17) is 19.2 Å². The quantitative estimate of drug-likeness (QED) is 0.220. The third-order valence-electron chi connectivity index (χ3n) is 7.48. The van der Waals surface area contributed by atoms with Gasteiger partial charge in [0, 0.05) is 16.9 Å². The van der Waals surface area contributed by atoms with Gasteiger partial charge in [-0.3, -0.25) is 4.79 Å². The number of aromatic amines is 1. The maximum absolute atomic E-state index is 13.0. The number of benzene rings is 2. The van der Waals surface area contributed by atoms with Crippen LogP contribution < -0.4 is 19.8 Å². The summed E-state index contributed by atoms with van der Waals surface area (Å²) in [7, 11) is 1.62. The predicted molar refractivity (Wildman–Crippen MR) is 154 cm³/mol. The number of aromatic nitrogens is 2. The van der Waals surface area contributed by atoms with Crippen molar-refractivity contribution in [3.05, 3.63) is 68.8 Å². The van der Waals surface area contributed by atoms with E-state index in [9.17, 15) is 4.79 Å². The molecule has 0 amide bonds. The lowest BCUT2D eigenvalue weighted by Gasteiger charge is -2.17. The molecule has 2 aromatic carbocycles. The van der Waals surface area contributed by atoms with Crippen LogP contribution in [0.15, 0.2) is 47.3 Å². The Kier molecular flexibility index (Phi) is 8.03. The van der Waals surface area contributed by atoms with Crippen LogP contribution in [0.3, 0.4) is 0 Å². The van der Waals surface area contributed by atoms with Gasteiger partial charge in [-0.05, 0) is 79.0 Å². The van der Waals surface area contributed by atoms with Gasteiger partial charge in [-0.25, -0.2) is 4.98 Å². The van der Waals surface area contributed by atoms with Crippen molar-refractivity contribution in [1.29, 1.82) is 0 Å². The van der Waals surface area contributed by atoms with Gasteiger partial charge in [0.05, 0.1) is 25.7 Å². The van der Waals surface area contributed by atoms with Gasteiger partial charge in [0.1, 0.15) is 16.4 Å². The van der Waals surface area contributed by atoms with Crippen LogP contribution in [0.2, 0.25) is 0 Å². The Hall–Kier alpha value is -3.32. The second kappa shape index (κ2) is 11.6. The van der Waals surface area contributed by atoms with Crippen LogP contribution in [0.1, 0.15) is 62.0 Å². The van der Waals surface area contributed by atoms with E-state index in [1.54, 1.807) is 18.4 Å². The molecule has 0 fully saturated rings. The number of thiophene rings is 1. The van der Waals surface area contributed by atoms with Gasteiger partial charge in [0.25, 0.3) is 5.56 Å². The molecule has 5 rings (SSSR count). The van der Waals surface area contributed by atoms with E-state index in [1.165, 1.54) is 16.0 Å². The van der Waals surface area contributed by atoms with Crippen LogP contribution in [0.4, 0.5) is 0 Å². The number of rotatable bonds is 10. The Bertz CT molecular complexity index is 1460. The second-order valence-corrected chi connectivity index (χ2v) is 11.3. The van der Waals surface area contributed by atoms with Crippen molar-refractivity contribution in [3.63, 3.8) is 0 Å². The van der Waals surface area contributed by atoms with E-state index in [1.807, 2.05) is 30.3 Å². The lowest BCUT2D eigenvalue weighted by molar-refractivity contribution is 0.240. The summed E-state index contributed by atoms with van der Waals surface area (Å²) < 4.78 is 17.5. The second-order valence-electron chi connectivity index (χ2n) is 10.2. The molecular weight excluding hydrogens is 496 g/mol. The highest BCUT2D eigenvalue weighted by Gasteiger charge is 2.23. The van der Waals surface area contributed by atoms with Gasteiger partial charge in [-0.15, -0.1) is 11.3 Å². The van der Waals surface area contributed by atoms with Gasteiger partial charge in [0.15, 0.2) is 11.5 Å². The molecule has 6 nitrogen and oxygen atoms in total. The van der Waals surface area contributed by atoms with Gasteiger partial charge in [-0.2, -0.15) is 0 Å². The molecule has 1 N–H and O–H groups in total. The Morgan fingerprint density at radius 1 is 1.11 bits per heavy atom. The van der Waals surface area contributed by atoms with Crippen LogP contribution in [-0.4, -0.2) is 30.3 Å². The zero-order chi connectivity index (χ0) is 26.6. The average Bonchev–Trinajstić information content (AvgIpc) is 3.30. The summed E-state index contributed by atoms with van der Waals surface area (Å²) in [4.78, 5) is 23.0. The first kappa shape index (κ1) is 26.3. The molecule has 0 radical (unpaired) electrons. The Labute approximate surface area is 228 Å². The van der Waals surface area contributed by atoms with E-state index in [0.29, 0.717) is 42.4 Å². The molecule has 1 aliphatic rings. The zero-order valence-electron chi connectivity index (χ0n) is 22.6. The third-order valence-corrected chi connectivity index (χ3v) is 8.63. The fourth-order valence-electron chi connectivity index (χ4n) is 4.98. The van der Waals surface area contributed by atoms with Crippen molar-refractivity contribution >= 4 is 21.6 Å². The molecule has 7 heteroatoms. The molecule has 0 saturated heterocycles. The van der Waals surface area contributed by atoms with E-state index in [-0.39, 0.29) is 5.56 Å². The summed E-state index contributed by atoms with van der Waals surface area (Å²) in [6, 6.07) is 14.0. The molecule has 0 spiro atoms.